The number of hydrazine groups is 1. The predicted octanol–water partition coefficient (Wildman–Crippen LogP) is 2.24. The smallest absolute Gasteiger partial charge is 0.0767 e. The molecular formula is C12H26N2O. The average Bonchev–Trinajstić information content (AvgIpc) is 2.22. The molecule has 0 saturated carbocycles. The second-order valence-corrected chi connectivity index (χ2v) is 4.24. The first-order valence-electron chi connectivity index (χ1n) is 5.81. The van der Waals surface area contributed by atoms with E-state index in [-0.39, 0.29) is 12.1 Å². The molecule has 15 heavy (non-hydrogen) atoms. The van der Waals surface area contributed by atoms with Crippen molar-refractivity contribution >= 4 is 0 Å². The molecule has 0 aromatic heterocycles. The topological polar surface area (TPSA) is 47.3 Å². The fraction of sp³-hybridized carbons (Fsp3) is 0.833. The van der Waals surface area contributed by atoms with Crippen molar-refractivity contribution in [1.82, 2.24) is 5.43 Å². The molecule has 2 unspecified atom stereocenters. The van der Waals surface area contributed by atoms with Crippen LogP contribution in [0.1, 0.15) is 40.5 Å². The molecule has 0 bridgehead atoms. The fourth-order valence-corrected chi connectivity index (χ4v) is 1.69. The molecule has 0 aromatic carbocycles. The Bertz CT molecular complexity index is 180. The second-order valence-electron chi connectivity index (χ2n) is 4.24. The van der Waals surface area contributed by atoms with Crippen molar-refractivity contribution in [1.29, 1.82) is 0 Å². The van der Waals surface area contributed by atoms with Crippen molar-refractivity contribution in [3.8, 4) is 0 Å². The Morgan fingerprint density at radius 2 is 2.00 bits per heavy atom. The SMILES string of the molecule is C=C(CC)CC(NN)C(OCC)C(C)C. The van der Waals surface area contributed by atoms with Crippen molar-refractivity contribution in [2.45, 2.75) is 52.7 Å². The summed E-state index contributed by atoms with van der Waals surface area (Å²) < 4.78 is 5.72. The van der Waals surface area contributed by atoms with Crippen molar-refractivity contribution in [2.75, 3.05) is 6.61 Å². The first-order valence-corrected chi connectivity index (χ1v) is 5.81. The molecule has 2 atom stereocenters. The molecule has 3 N–H and O–H groups in total. The maximum atomic E-state index is 5.72. The van der Waals surface area contributed by atoms with Crippen molar-refractivity contribution < 1.29 is 4.74 Å². The summed E-state index contributed by atoms with van der Waals surface area (Å²) in [5.41, 5.74) is 4.06. The van der Waals surface area contributed by atoms with E-state index >= 15 is 0 Å². The highest BCUT2D eigenvalue weighted by Crippen LogP contribution is 2.17. The molecule has 90 valence electrons. The third kappa shape index (κ3) is 5.30. The molecular weight excluding hydrogens is 188 g/mol. The van der Waals surface area contributed by atoms with Crippen LogP contribution < -0.4 is 11.3 Å². The first-order chi connectivity index (χ1) is 7.06. The Labute approximate surface area is 94.0 Å². The van der Waals surface area contributed by atoms with E-state index in [1.807, 2.05) is 6.92 Å². The van der Waals surface area contributed by atoms with Gasteiger partial charge in [-0.15, -0.1) is 0 Å². The molecule has 0 amide bonds. The summed E-state index contributed by atoms with van der Waals surface area (Å²) in [6.07, 6.45) is 2.04. The van der Waals surface area contributed by atoms with Gasteiger partial charge in [-0.25, -0.2) is 0 Å². The Morgan fingerprint density at radius 1 is 1.40 bits per heavy atom. The molecule has 0 aromatic rings. The number of ether oxygens (including phenoxy) is 1. The Balaban J connectivity index is 4.37. The molecule has 0 spiro atoms. The zero-order valence-corrected chi connectivity index (χ0v) is 10.5. The third-order valence-corrected chi connectivity index (χ3v) is 2.64. The maximum Gasteiger partial charge on any atom is 0.0767 e. The van der Waals surface area contributed by atoms with Gasteiger partial charge in [0.25, 0.3) is 0 Å². The second kappa shape index (κ2) is 7.85. The molecule has 0 radical (unpaired) electrons. The molecule has 0 fully saturated rings. The van der Waals surface area contributed by atoms with Crippen LogP contribution in [-0.4, -0.2) is 18.8 Å². The minimum Gasteiger partial charge on any atom is -0.377 e. The van der Waals surface area contributed by atoms with E-state index in [1.165, 1.54) is 5.57 Å². The van der Waals surface area contributed by atoms with Gasteiger partial charge in [0.05, 0.1) is 12.1 Å². The Hall–Kier alpha value is -0.380. The van der Waals surface area contributed by atoms with E-state index in [0.29, 0.717) is 5.92 Å². The van der Waals surface area contributed by atoms with Crippen LogP contribution in [0.5, 0.6) is 0 Å². The van der Waals surface area contributed by atoms with Gasteiger partial charge >= 0.3 is 0 Å². The Kier molecular flexibility index (Phi) is 7.65. The lowest BCUT2D eigenvalue weighted by atomic mass is 9.94. The van der Waals surface area contributed by atoms with Crippen LogP contribution in [0.15, 0.2) is 12.2 Å². The summed E-state index contributed by atoms with van der Waals surface area (Å²) in [6.45, 7) is 13.2. The van der Waals surface area contributed by atoms with E-state index in [4.69, 9.17) is 10.6 Å². The van der Waals surface area contributed by atoms with Gasteiger partial charge in [0, 0.05) is 6.61 Å². The van der Waals surface area contributed by atoms with Crippen LogP contribution in [0.3, 0.4) is 0 Å². The summed E-state index contributed by atoms with van der Waals surface area (Å²) in [6, 6.07) is 0.164. The summed E-state index contributed by atoms with van der Waals surface area (Å²) in [7, 11) is 0. The van der Waals surface area contributed by atoms with Crippen molar-refractivity contribution in [2.24, 2.45) is 11.8 Å². The number of hydrogen-bond donors (Lipinski definition) is 2. The van der Waals surface area contributed by atoms with Crippen LogP contribution in [0.4, 0.5) is 0 Å². The lowest BCUT2D eigenvalue weighted by Gasteiger charge is -2.30. The highest BCUT2D eigenvalue weighted by molar-refractivity contribution is 4.98. The van der Waals surface area contributed by atoms with E-state index in [0.717, 1.165) is 19.4 Å². The zero-order chi connectivity index (χ0) is 11.8. The van der Waals surface area contributed by atoms with Crippen LogP contribution in [0, 0.1) is 5.92 Å². The predicted molar refractivity (Wildman–Crippen MR) is 65.4 cm³/mol. The minimum absolute atomic E-state index is 0.156. The molecule has 3 nitrogen and oxygen atoms in total. The maximum absolute atomic E-state index is 5.72. The molecule has 0 aliphatic carbocycles. The number of nitrogens with one attached hydrogen (secondary N) is 1. The highest BCUT2D eigenvalue weighted by Gasteiger charge is 2.24. The van der Waals surface area contributed by atoms with E-state index in [2.05, 4.69) is 32.8 Å². The van der Waals surface area contributed by atoms with Gasteiger partial charge in [0.15, 0.2) is 0 Å². The van der Waals surface area contributed by atoms with Gasteiger partial charge < -0.3 is 4.74 Å². The fourth-order valence-electron chi connectivity index (χ4n) is 1.69. The molecule has 0 saturated heterocycles. The number of nitrogens with two attached hydrogens (primary N) is 1. The molecule has 3 heteroatoms. The van der Waals surface area contributed by atoms with Crippen LogP contribution in [0.2, 0.25) is 0 Å². The van der Waals surface area contributed by atoms with Crippen LogP contribution in [-0.2, 0) is 4.74 Å². The largest absolute Gasteiger partial charge is 0.377 e. The third-order valence-electron chi connectivity index (χ3n) is 2.64. The zero-order valence-electron chi connectivity index (χ0n) is 10.5. The average molecular weight is 214 g/mol. The standard InChI is InChI=1S/C12H26N2O/c1-6-10(5)8-11(14-13)12(9(3)4)15-7-2/h9,11-12,14H,5-8,13H2,1-4H3. The molecule has 0 aliphatic rings. The van der Waals surface area contributed by atoms with Gasteiger partial charge in [0.1, 0.15) is 0 Å². The lowest BCUT2D eigenvalue weighted by molar-refractivity contribution is 0.00346. The van der Waals surface area contributed by atoms with Crippen LogP contribution in [0.25, 0.3) is 0 Å². The van der Waals surface area contributed by atoms with Gasteiger partial charge in [-0.05, 0) is 25.7 Å². The summed E-state index contributed by atoms with van der Waals surface area (Å²) >= 11 is 0. The molecule has 0 heterocycles. The quantitative estimate of drug-likeness (QED) is 0.370. The van der Waals surface area contributed by atoms with Crippen LogP contribution >= 0.6 is 0 Å². The minimum atomic E-state index is 0.156. The summed E-state index contributed by atoms with van der Waals surface area (Å²) in [5.74, 6) is 6.03. The first kappa shape index (κ1) is 14.6. The van der Waals surface area contributed by atoms with E-state index < -0.39 is 0 Å². The summed E-state index contributed by atoms with van der Waals surface area (Å²) in [5, 5.41) is 0. The van der Waals surface area contributed by atoms with Gasteiger partial charge in [0.2, 0.25) is 0 Å². The van der Waals surface area contributed by atoms with Crippen molar-refractivity contribution in [3.05, 3.63) is 12.2 Å². The van der Waals surface area contributed by atoms with Gasteiger partial charge in [-0.2, -0.15) is 0 Å². The van der Waals surface area contributed by atoms with Gasteiger partial charge in [-0.1, -0.05) is 32.9 Å². The number of rotatable bonds is 8. The summed E-state index contributed by atoms with van der Waals surface area (Å²) in [4.78, 5) is 0. The number of hydrogen-bond acceptors (Lipinski definition) is 3. The molecule has 0 aliphatic heterocycles. The lowest BCUT2D eigenvalue weighted by Crippen LogP contribution is -2.47. The Morgan fingerprint density at radius 3 is 2.33 bits per heavy atom. The molecule has 0 rings (SSSR count). The highest BCUT2D eigenvalue weighted by atomic mass is 16.5. The van der Waals surface area contributed by atoms with Crippen molar-refractivity contribution in [3.63, 3.8) is 0 Å². The van der Waals surface area contributed by atoms with E-state index in [1.54, 1.807) is 0 Å². The normalized spacial score (nSPS) is 15.3. The van der Waals surface area contributed by atoms with E-state index in [9.17, 15) is 0 Å². The van der Waals surface area contributed by atoms with Gasteiger partial charge in [-0.3, -0.25) is 11.3 Å². The monoisotopic (exact) mass is 214 g/mol.